The first kappa shape index (κ1) is 5.71. The van der Waals surface area contributed by atoms with Crippen LogP contribution in [0.25, 0.3) is 0 Å². The highest BCUT2D eigenvalue weighted by Gasteiger charge is 2.18. The van der Waals surface area contributed by atoms with Gasteiger partial charge in [-0.1, -0.05) is 6.58 Å². The van der Waals surface area contributed by atoms with E-state index < -0.39 is 0 Å². The van der Waals surface area contributed by atoms with Crippen LogP contribution in [-0.2, 0) is 0 Å². The lowest BCUT2D eigenvalue weighted by molar-refractivity contribution is 0.815. The maximum Gasteiger partial charge on any atom is 0.0774 e. The molecule has 0 saturated carbocycles. The van der Waals surface area contributed by atoms with Crippen molar-refractivity contribution >= 4 is 11.8 Å². The molecule has 0 spiro atoms. The molecular weight excluding hydrogens is 118 g/mol. The molecule has 0 radical (unpaired) electrons. The van der Waals surface area contributed by atoms with Gasteiger partial charge in [-0.15, -0.1) is 11.8 Å². The van der Waals surface area contributed by atoms with E-state index in [9.17, 15) is 0 Å². The van der Waals surface area contributed by atoms with Gasteiger partial charge in [0.2, 0.25) is 0 Å². The number of rotatable bonds is 0. The lowest BCUT2D eigenvalue weighted by Gasteiger charge is -1.92. The molecular formula is C6H7NS. The van der Waals surface area contributed by atoms with Crippen molar-refractivity contribution < 1.29 is 0 Å². The Hall–Kier alpha value is -0.420. The van der Waals surface area contributed by atoms with E-state index in [0.717, 1.165) is 17.1 Å². The van der Waals surface area contributed by atoms with E-state index in [2.05, 4.69) is 12.6 Å². The van der Waals surface area contributed by atoms with Crippen LogP contribution in [-0.4, -0.2) is 5.75 Å². The minimum atomic E-state index is 0.139. The predicted octanol–water partition coefficient (Wildman–Crippen LogP) is 1.78. The highest BCUT2D eigenvalue weighted by atomic mass is 32.2. The van der Waals surface area contributed by atoms with Gasteiger partial charge in [0, 0.05) is 0 Å². The molecule has 1 unspecified atom stereocenters. The lowest BCUT2D eigenvalue weighted by atomic mass is 10.1. The number of nitriles is 1. The summed E-state index contributed by atoms with van der Waals surface area (Å²) in [6.07, 6.45) is 1.00. The van der Waals surface area contributed by atoms with Crippen LogP contribution in [0.4, 0.5) is 0 Å². The fraction of sp³-hybridized carbons (Fsp3) is 0.500. The van der Waals surface area contributed by atoms with E-state index >= 15 is 0 Å². The zero-order chi connectivity index (χ0) is 5.98. The number of allylic oxidation sites excluding steroid dienone is 1. The van der Waals surface area contributed by atoms with Crippen LogP contribution in [0.15, 0.2) is 11.5 Å². The summed E-state index contributed by atoms with van der Waals surface area (Å²) in [6.45, 7) is 3.75. The second-order valence-corrected chi connectivity index (χ2v) is 3.01. The zero-order valence-corrected chi connectivity index (χ0v) is 5.37. The van der Waals surface area contributed by atoms with Crippen molar-refractivity contribution in [3.8, 4) is 6.07 Å². The van der Waals surface area contributed by atoms with Gasteiger partial charge in [-0.3, -0.25) is 0 Å². The fourth-order valence-electron chi connectivity index (χ4n) is 0.706. The van der Waals surface area contributed by atoms with Crippen molar-refractivity contribution in [3.05, 3.63) is 11.5 Å². The van der Waals surface area contributed by atoms with Crippen molar-refractivity contribution in [1.82, 2.24) is 0 Å². The molecule has 1 saturated heterocycles. The smallest absolute Gasteiger partial charge is 0.0774 e. The Kier molecular flexibility index (Phi) is 1.59. The second kappa shape index (κ2) is 2.23. The minimum absolute atomic E-state index is 0.139. The molecule has 0 aliphatic carbocycles. The van der Waals surface area contributed by atoms with Crippen LogP contribution < -0.4 is 0 Å². The van der Waals surface area contributed by atoms with E-state index in [4.69, 9.17) is 5.26 Å². The number of hydrogen-bond donors (Lipinski definition) is 0. The van der Waals surface area contributed by atoms with Crippen molar-refractivity contribution in [2.75, 3.05) is 5.75 Å². The molecule has 8 heavy (non-hydrogen) atoms. The molecule has 0 bridgehead atoms. The highest BCUT2D eigenvalue weighted by molar-refractivity contribution is 8.03. The molecule has 1 aliphatic rings. The monoisotopic (exact) mass is 125 g/mol. The Bertz CT molecular complexity index is 145. The van der Waals surface area contributed by atoms with Crippen molar-refractivity contribution in [2.45, 2.75) is 6.42 Å². The molecule has 1 atom stereocenters. The van der Waals surface area contributed by atoms with Crippen LogP contribution in [0.1, 0.15) is 6.42 Å². The Morgan fingerprint density at radius 2 is 2.62 bits per heavy atom. The summed E-state index contributed by atoms with van der Waals surface area (Å²) < 4.78 is 0. The SMILES string of the molecule is C=C1SCCC1C#N. The van der Waals surface area contributed by atoms with Crippen molar-refractivity contribution in [3.63, 3.8) is 0 Å². The number of thioether (sulfide) groups is 1. The van der Waals surface area contributed by atoms with Crippen LogP contribution in [0.2, 0.25) is 0 Å². The molecule has 0 N–H and O–H groups in total. The molecule has 0 aromatic heterocycles. The Balaban J connectivity index is 2.58. The maximum atomic E-state index is 8.41. The first-order valence-corrected chi connectivity index (χ1v) is 3.54. The van der Waals surface area contributed by atoms with Gasteiger partial charge in [0.1, 0.15) is 0 Å². The van der Waals surface area contributed by atoms with Crippen LogP contribution >= 0.6 is 11.8 Å². The first-order valence-electron chi connectivity index (χ1n) is 2.56. The molecule has 0 aromatic carbocycles. The van der Waals surface area contributed by atoms with Crippen molar-refractivity contribution in [2.24, 2.45) is 5.92 Å². The third-order valence-electron chi connectivity index (χ3n) is 1.24. The second-order valence-electron chi connectivity index (χ2n) is 1.79. The van der Waals surface area contributed by atoms with E-state index in [1.165, 1.54) is 0 Å². The quantitative estimate of drug-likeness (QED) is 0.492. The van der Waals surface area contributed by atoms with Crippen molar-refractivity contribution in [1.29, 1.82) is 5.26 Å². The minimum Gasteiger partial charge on any atom is -0.198 e. The summed E-state index contributed by atoms with van der Waals surface area (Å²) >= 11 is 1.71. The third kappa shape index (κ3) is 0.873. The van der Waals surface area contributed by atoms with Gasteiger partial charge in [0.15, 0.2) is 0 Å². The maximum absolute atomic E-state index is 8.41. The Morgan fingerprint density at radius 3 is 2.88 bits per heavy atom. The van der Waals surface area contributed by atoms with Gasteiger partial charge >= 0.3 is 0 Å². The molecule has 1 fully saturated rings. The summed E-state index contributed by atoms with van der Waals surface area (Å²) in [5.41, 5.74) is 0. The molecule has 1 aliphatic heterocycles. The zero-order valence-electron chi connectivity index (χ0n) is 4.55. The van der Waals surface area contributed by atoms with Crippen LogP contribution in [0, 0.1) is 17.2 Å². The van der Waals surface area contributed by atoms with Gasteiger partial charge in [0.25, 0.3) is 0 Å². The van der Waals surface area contributed by atoms with E-state index in [0.29, 0.717) is 0 Å². The summed E-state index contributed by atoms with van der Waals surface area (Å²) in [4.78, 5) is 1.05. The molecule has 1 rings (SSSR count). The Labute approximate surface area is 53.4 Å². The predicted molar refractivity (Wildman–Crippen MR) is 35.3 cm³/mol. The normalized spacial score (nSPS) is 27.9. The van der Waals surface area contributed by atoms with Gasteiger partial charge < -0.3 is 0 Å². The molecule has 0 aromatic rings. The topological polar surface area (TPSA) is 23.8 Å². The third-order valence-corrected chi connectivity index (χ3v) is 2.33. The van der Waals surface area contributed by atoms with E-state index in [1.54, 1.807) is 11.8 Å². The number of hydrogen-bond acceptors (Lipinski definition) is 2. The summed E-state index contributed by atoms with van der Waals surface area (Å²) in [6, 6.07) is 2.19. The van der Waals surface area contributed by atoms with Gasteiger partial charge in [-0.25, -0.2) is 0 Å². The Morgan fingerprint density at radius 1 is 1.88 bits per heavy atom. The van der Waals surface area contributed by atoms with Gasteiger partial charge in [-0.2, -0.15) is 5.26 Å². The lowest BCUT2D eigenvalue weighted by Crippen LogP contribution is -1.87. The highest BCUT2D eigenvalue weighted by Crippen LogP contribution is 2.33. The van der Waals surface area contributed by atoms with Crippen LogP contribution in [0.3, 0.4) is 0 Å². The molecule has 2 heteroatoms. The fourth-order valence-corrected chi connectivity index (χ4v) is 1.69. The molecule has 42 valence electrons. The molecule has 1 nitrogen and oxygen atoms in total. The first-order chi connectivity index (χ1) is 3.84. The summed E-state index contributed by atoms with van der Waals surface area (Å²) in [5, 5.41) is 8.41. The average Bonchev–Trinajstić information content (AvgIpc) is 2.14. The average molecular weight is 125 g/mol. The van der Waals surface area contributed by atoms with Gasteiger partial charge in [-0.05, 0) is 17.1 Å². The van der Waals surface area contributed by atoms with E-state index in [1.807, 2.05) is 0 Å². The molecule has 1 heterocycles. The standard InChI is InChI=1S/C6H7NS/c1-5-6(4-7)2-3-8-5/h6H,1-3H2. The van der Waals surface area contributed by atoms with Gasteiger partial charge in [0.05, 0.1) is 12.0 Å². The summed E-state index contributed by atoms with van der Waals surface area (Å²) in [5.74, 6) is 1.22. The molecule has 0 amide bonds. The van der Waals surface area contributed by atoms with Crippen LogP contribution in [0.5, 0.6) is 0 Å². The summed E-state index contributed by atoms with van der Waals surface area (Å²) in [7, 11) is 0. The van der Waals surface area contributed by atoms with E-state index in [-0.39, 0.29) is 5.92 Å². The largest absolute Gasteiger partial charge is 0.198 e. The number of nitrogens with zero attached hydrogens (tertiary/aromatic N) is 1.